The Balaban J connectivity index is 2.08. The number of hydrogen-bond donors (Lipinski definition) is 1. The summed E-state index contributed by atoms with van der Waals surface area (Å²) >= 11 is 9.64. The van der Waals surface area contributed by atoms with Crippen LogP contribution in [0.1, 0.15) is 10.9 Å². The molecule has 0 aromatic heterocycles. The first kappa shape index (κ1) is 15.0. The molecule has 1 heterocycles. The third-order valence-electron chi connectivity index (χ3n) is 3.23. The summed E-state index contributed by atoms with van der Waals surface area (Å²) in [6.07, 6.45) is 0. The molecule has 3 rings (SSSR count). The minimum atomic E-state index is -0.257. The van der Waals surface area contributed by atoms with Crippen LogP contribution in [0.15, 0.2) is 42.5 Å². The van der Waals surface area contributed by atoms with E-state index in [4.69, 9.17) is 11.6 Å². The molecule has 0 spiro atoms. The number of rotatable bonds is 2. The van der Waals surface area contributed by atoms with Gasteiger partial charge in [-0.2, -0.15) is 0 Å². The van der Waals surface area contributed by atoms with E-state index in [0.29, 0.717) is 19.9 Å². The molecule has 108 valence electrons. The first-order valence-corrected chi connectivity index (χ1v) is 8.75. The van der Waals surface area contributed by atoms with Crippen molar-refractivity contribution in [3.63, 3.8) is 0 Å². The Hall–Kier alpha value is -0.920. The summed E-state index contributed by atoms with van der Waals surface area (Å²) in [7, 11) is 0. The van der Waals surface area contributed by atoms with Crippen molar-refractivity contribution in [1.82, 2.24) is 0 Å². The average molecular weight is 432 g/mol. The van der Waals surface area contributed by atoms with Crippen molar-refractivity contribution in [1.29, 1.82) is 0 Å². The van der Waals surface area contributed by atoms with Crippen molar-refractivity contribution < 1.29 is 9.90 Å². The van der Waals surface area contributed by atoms with Gasteiger partial charge in [-0.3, -0.25) is 9.69 Å². The quantitative estimate of drug-likeness (QED) is 0.715. The van der Waals surface area contributed by atoms with Gasteiger partial charge in [-0.1, -0.05) is 29.8 Å². The summed E-state index contributed by atoms with van der Waals surface area (Å²) < 4.78 is 0.683. The van der Waals surface area contributed by atoms with Crippen LogP contribution in [0.3, 0.4) is 0 Å². The predicted molar refractivity (Wildman–Crippen MR) is 95.0 cm³/mol. The Morgan fingerprint density at radius 1 is 1.29 bits per heavy atom. The molecule has 1 fully saturated rings. The van der Waals surface area contributed by atoms with Crippen LogP contribution < -0.4 is 4.90 Å². The molecule has 1 aliphatic rings. The van der Waals surface area contributed by atoms with Crippen LogP contribution in [0, 0.1) is 3.57 Å². The predicted octanol–water partition coefficient (Wildman–Crippen LogP) is 4.43. The first-order valence-electron chi connectivity index (χ1n) is 6.24. The molecular weight excluding hydrogens is 421 g/mol. The minimum absolute atomic E-state index is 0.0329. The molecule has 1 saturated heterocycles. The number of para-hydroxylation sites is 1. The number of anilines is 1. The number of phenols is 1. The third kappa shape index (κ3) is 2.86. The highest BCUT2D eigenvalue weighted by Gasteiger charge is 2.36. The van der Waals surface area contributed by atoms with Gasteiger partial charge in [0.25, 0.3) is 0 Å². The van der Waals surface area contributed by atoms with Crippen molar-refractivity contribution in [3.8, 4) is 5.75 Å². The second-order valence-electron chi connectivity index (χ2n) is 4.59. The fourth-order valence-corrected chi connectivity index (χ4v) is 4.54. The lowest BCUT2D eigenvalue weighted by Gasteiger charge is -2.25. The first-order chi connectivity index (χ1) is 10.1. The maximum atomic E-state index is 12.2. The van der Waals surface area contributed by atoms with Crippen LogP contribution in [-0.2, 0) is 4.79 Å². The van der Waals surface area contributed by atoms with Crippen LogP contribution in [0.4, 0.5) is 5.69 Å². The van der Waals surface area contributed by atoms with Crippen LogP contribution >= 0.6 is 46.0 Å². The van der Waals surface area contributed by atoms with E-state index < -0.39 is 0 Å². The Kier molecular flexibility index (Phi) is 4.33. The van der Waals surface area contributed by atoms with E-state index in [2.05, 4.69) is 0 Å². The molecule has 3 nitrogen and oxygen atoms in total. The van der Waals surface area contributed by atoms with Gasteiger partial charge in [-0.15, -0.1) is 11.8 Å². The van der Waals surface area contributed by atoms with E-state index in [9.17, 15) is 9.90 Å². The summed E-state index contributed by atoms with van der Waals surface area (Å²) in [6, 6.07) is 12.9. The van der Waals surface area contributed by atoms with Gasteiger partial charge >= 0.3 is 0 Å². The Labute approximate surface area is 145 Å². The van der Waals surface area contributed by atoms with Gasteiger partial charge in [0.05, 0.1) is 9.32 Å². The number of nitrogens with zero attached hydrogens (tertiary/aromatic N) is 1. The topological polar surface area (TPSA) is 40.5 Å². The summed E-state index contributed by atoms with van der Waals surface area (Å²) in [5.41, 5.74) is 1.50. The number of amides is 1. The van der Waals surface area contributed by atoms with Crippen molar-refractivity contribution in [2.45, 2.75) is 5.37 Å². The number of benzene rings is 2. The molecular formula is C15H11ClINO2S. The standard InChI is InChI=1S/C15H11ClINO2S/c16-9-6-11(14(20)12(17)7-9)15-18(13(19)8-21-15)10-4-2-1-3-5-10/h1-7,15,20H,8H2. The van der Waals surface area contributed by atoms with Gasteiger partial charge in [-0.25, -0.2) is 0 Å². The van der Waals surface area contributed by atoms with E-state index in [0.717, 1.165) is 5.69 Å². The molecule has 0 saturated carbocycles. The Bertz CT molecular complexity index is 696. The van der Waals surface area contributed by atoms with Crippen molar-refractivity contribution >= 4 is 57.5 Å². The van der Waals surface area contributed by atoms with Gasteiger partial charge < -0.3 is 5.11 Å². The second-order valence-corrected chi connectivity index (χ2v) is 7.26. The van der Waals surface area contributed by atoms with Gasteiger partial charge in [0.2, 0.25) is 5.91 Å². The monoisotopic (exact) mass is 431 g/mol. The number of carbonyl (C=O) groups is 1. The number of hydrogen-bond acceptors (Lipinski definition) is 3. The molecule has 6 heteroatoms. The Morgan fingerprint density at radius 2 is 2.00 bits per heavy atom. The fraction of sp³-hybridized carbons (Fsp3) is 0.133. The molecule has 1 N–H and O–H groups in total. The summed E-state index contributed by atoms with van der Waals surface area (Å²) in [4.78, 5) is 13.9. The van der Waals surface area contributed by atoms with E-state index in [-0.39, 0.29) is 17.0 Å². The smallest absolute Gasteiger partial charge is 0.238 e. The lowest BCUT2D eigenvalue weighted by atomic mass is 10.1. The number of aromatic hydroxyl groups is 1. The molecule has 0 aliphatic carbocycles. The molecule has 1 amide bonds. The zero-order valence-electron chi connectivity index (χ0n) is 10.8. The highest BCUT2D eigenvalue weighted by molar-refractivity contribution is 14.1. The van der Waals surface area contributed by atoms with Crippen LogP contribution in [0.25, 0.3) is 0 Å². The van der Waals surface area contributed by atoms with Crippen LogP contribution in [0.5, 0.6) is 5.75 Å². The number of halogens is 2. The molecule has 1 unspecified atom stereocenters. The molecule has 1 atom stereocenters. The van der Waals surface area contributed by atoms with Gasteiger partial charge in [-0.05, 0) is 46.9 Å². The zero-order valence-corrected chi connectivity index (χ0v) is 14.5. The van der Waals surface area contributed by atoms with Crippen molar-refractivity contribution in [2.75, 3.05) is 10.7 Å². The highest BCUT2D eigenvalue weighted by atomic mass is 127. The van der Waals surface area contributed by atoms with Gasteiger partial charge in [0.1, 0.15) is 11.1 Å². The van der Waals surface area contributed by atoms with Crippen molar-refractivity contribution in [3.05, 3.63) is 56.6 Å². The molecule has 2 aromatic rings. The second kappa shape index (κ2) is 6.06. The molecule has 21 heavy (non-hydrogen) atoms. The number of phenolic OH excluding ortho intramolecular Hbond substituents is 1. The van der Waals surface area contributed by atoms with Gasteiger partial charge in [0.15, 0.2) is 0 Å². The van der Waals surface area contributed by atoms with Crippen LogP contribution in [0.2, 0.25) is 5.02 Å². The Morgan fingerprint density at radius 3 is 2.71 bits per heavy atom. The fourth-order valence-electron chi connectivity index (χ4n) is 2.30. The van der Waals surface area contributed by atoms with Gasteiger partial charge in [0, 0.05) is 16.3 Å². The van der Waals surface area contributed by atoms with E-state index >= 15 is 0 Å². The lowest BCUT2D eigenvalue weighted by molar-refractivity contribution is -0.115. The summed E-state index contributed by atoms with van der Waals surface area (Å²) in [6.45, 7) is 0. The zero-order chi connectivity index (χ0) is 15.0. The maximum Gasteiger partial charge on any atom is 0.238 e. The number of thioether (sulfide) groups is 1. The largest absolute Gasteiger partial charge is 0.506 e. The van der Waals surface area contributed by atoms with Crippen molar-refractivity contribution in [2.24, 2.45) is 0 Å². The summed E-state index contributed by atoms with van der Waals surface area (Å²) in [5, 5.41) is 10.6. The minimum Gasteiger partial charge on any atom is -0.506 e. The average Bonchev–Trinajstić information content (AvgIpc) is 2.85. The maximum absolute atomic E-state index is 12.2. The van der Waals surface area contributed by atoms with E-state index in [1.54, 1.807) is 17.0 Å². The highest BCUT2D eigenvalue weighted by Crippen LogP contribution is 2.46. The molecule has 2 aromatic carbocycles. The lowest BCUT2D eigenvalue weighted by Crippen LogP contribution is -2.27. The summed E-state index contributed by atoms with van der Waals surface area (Å²) in [5.74, 6) is 0.612. The van der Waals surface area contributed by atoms with E-state index in [1.807, 2.05) is 52.9 Å². The molecule has 0 radical (unpaired) electrons. The normalized spacial score (nSPS) is 18.3. The molecule has 1 aliphatic heterocycles. The number of carbonyl (C=O) groups excluding carboxylic acids is 1. The molecule has 0 bridgehead atoms. The third-order valence-corrected chi connectivity index (χ3v) is 5.46. The SMILES string of the molecule is O=C1CSC(c2cc(Cl)cc(I)c2O)N1c1ccccc1. The van der Waals surface area contributed by atoms with Crippen LogP contribution in [-0.4, -0.2) is 16.8 Å². The van der Waals surface area contributed by atoms with E-state index in [1.165, 1.54) is 11.8 Å².